The lowest BCUT2D eigenvalue weighted by Gasteiger charge is -2.15. The van der Waals surface area contributed by atoms with Crippen molar-refractivity contribution in [1.82, 2.24) is 25.7 Å². The zero-order valence-corrected chi connectivity index (χ0v) is 18.7. The summed E-state index contributed by atoms with van der Waals surface area (Å²) in [4.78, 5) is 15.9. The molecule has 0 saturated heterocycles. The van der Waals surface area contributed by atoms with Gasteiger partial charge in [0, 0.05) is 25.8 Å². The first-order chi connectivity index (χ1) is 12.5. The molecule has 0 radical (unpaired) electrons. The van der Waals surface area contributed by atoms with Crippen molar-refractivity contribution in [2.45, 2.75) is 33.7 Å². The predicted octanol–water partition coefficient (Wildman–Crippen LogP) is 2.30. The predicted molar refractivity (Wildman–Crippen MR) is 120 cm³/mol. The van der Waals surface area contributed by atoms with E-state index in [1.165, 1.54) is 0 Å². The molecule has 7 nitrogen and oxygen atoms in total. The van der Waals surface area contributed by atoms with Gasteiger partial charge in [-0.2, -0.15) is 5.10 Å². The van der Waals surface area contributed by atoms with Crippen LogP contribution in [-0.4, -0.2) is 41.8 Å². The van der Waals surface area contributed by atoms with Gasteiger partial charge in [0.15, 0.2) is 5.96 Å². The molecule has 0 bridgehead atoms. The summed E-state index contributed by atoms with van der Waals surface area (Å²) in [5.74, 6) is 0.540. The molecular formula is C19H29IN6O. The maximum Gasteiger partial charge on any atom is 0.239 e. The Balaban J connectivity index is 0.00000364. The summed E-state index contributed by atoms with van der Waals surface area (Å²) in [6.45, 7) is 7.50. The topological polar surface area (TPSA) is 83.3 Å². The lowest BCUT2D eigenvalue weighted by atomic mass is 10.1. The van der Waals surface area contributed by atoms with Gasteiger partial charge in [-0.15, -0.1) is 24.0 Å². The monoisotopic (exact) mass is 484 g/mol. The van der Waals surface area contributed by atoms with Crippen molar-refractivity contribution in [2.24, 2.45) is 4.99 Å². The zero-order valence-electron chi connectivity index (χ0n) is 16.4. The highest BCUT2D eigenvalue weighted by Crippen LogP contribution is 2.16. The van der Waals surface area contributed by atoms with E-state index in [0.29, 0.717) is 19.0 Å². The minimum Gasteiger partial charge on any atom is -0.355 e. The van der Waals surface area contributed by atoms with Gasteiger partial charge in [-0.1, -0.05) is 25.1 Å². The average Bonchev–Trinajstić information content (AvgIpc) is 2.98. The number of aromatic nitrogens is 2. The van der Waals surface area contributed by atoms with Crippen LogP contribution in [-0.2, 0) is 11.3 Å². The summed E-state index contributed by atoms with van der Waals surface area (Å²) >= 11 is 0. The first-order valence-corrected chi connectivity index (χ1v) is 8.88. The van der Waals surface area contributed by atoms with Crippen LogP contribution in [0.15, 0.2) is 35.3 Å². The van der Waals surface area contributed by atoms with E-state index in [2.05, 4.69) is 38.2 Å². The molecule has 1 heterocycles. The third kappa shape index (κ3) is 6.85. The Hall–Kier alpha value is -2.10. The second-order valence-corrected chi connectivity index (χ2v) is 6.10. The Morgan fingerprint density at radius 1 is 1.19 bits per heavy atom. The van der Waals surface area contributed by atoms with E-state index < -0.39 is 0 Å². The fraction of sp³-hybridized carbons (Fsp3) is 0.421. The quantitative estimate of drug-likeness (QED) is 0.320. The standard InChI is InChI=1S/C19H28N6O.HI/c1-5-10-21-18(26)13-23-19(20-4)22-12-16-8-6-7-9-17(16)25-15(3)11-14(2)24-25;/h6-9,11H,5,10,12-13H2,1-4H3,(H,21,26)(H2,20,22,23);1H. The van der Waals surface area contributed by atoms with Crippen LogP contribution in [0.4, 0.5) is 0 Å². The van der Waals surface area contributed by atoms with Gasteiger partial charge < -0.3 is 16.0 Å². The van der Waals surface area contributed by atoms with Crippen molar-refractivity contribution in [3.05, 3.63) is 47.3 Å². The number of guanidine groups is 1. The van der Waals surface area contributed by atoms with Crippen LogP contribution < -0.4 is 16.0 Å². The number of benzene rings is 1. The minimum absolute atomic E-state index is 0. The second kappa shape index (κ2) is 11.6. The van der Waals surface area contributed by atoms with Gasteiger partial charge in [0.05, 0.1) is 17.9 Å². The zero-order chi connectivity index (χ0) is 18.9. The summed E-state index contributed by atoms with van der Waals surface area (Å²) in [6.07, 6.45) is 0.918. The number of carbonyl (C=O) groups excluding carboxylic acids is 1. The molecule has 1 aromatic carbocycles. The van der Waals surface area contributed by atoms with E-state index in [9.17, 15) is 4.79 Å². The maximum atomic E-state index is 11.7. The molecule has 148 valence electrons. The minimum atomic E-state index is -0.0437. The first-order valence-electron chi connectivity index (χ1n) is 8.88. The van der Waals surface area contributed by atoms with Crippen molar-refractivity contribution in [2.75, 3.05) is 20.1 Å². The van der Waals surface area contributed by atoms with Gasteiger partial charge in [0.1, 0.15) is 0 Å². The number of nitrogens with zero attached hydrogens (tertiary/aromatic N) is 3. The molecule has 1 amide bonds. The van der Waals surface area contributed by atoms with Crippen LogP contribution in [0.3, 0.4) is 0 Å². The van der Waals surface area contributed by atoms with E-state index in [1.807, 2.05) is 43.7 Å². The van der Waals surface area contributed by atoms with Gasteiger partial charge >= 0.3 is 0 Å². The average molecular weight is 484 g/mol. The van der Waals surface area contributed by atoms with Crippen molar-refractivity contribution in [1.29, 1.82) is 0 Å². The van der Waals surface area contributed by atoms with E-state index in [1.54, 1.807) is 7.05 Å². The molecule has 2 aromatic rings. The van der Waals surface area contributed by atoms with Crippen LogP contribution in [0.5, 0.6) is 0 Å². The Kier molecular flexibility index (Phi) is 9.84. The summed E-state index contributed by atoms with van der Waals surface area (Å²) < 4.78 is 1.95. The molecular weight excluding hydrogens is 455 g/mol. The Morgan fingerprint density at radius 2 is 1.93 bits per heavy atom. The highest BCUT2D eigenvalue weighted by atomic mass is 127. The molecule has 0 spiro atoms. The van der Waals surface area contributed by atoms with Crippen molar-refractivity contribution in [3.63, 3.8) is 0 Å². The number of nitrogens with one attached hydrogen (secondary N) is 3. The number of carbonyl (C=O) groups is 1. The van der Waals surface area contributed by atoms with Crippen LogP contribution in [0.25, 0.3) is 5.69 Å². The molecule has 2 rings (SSSR count). The normalized spacial score (nSPS) is 10.9. The number of halogens is 1. The molecule has 0 aliphatic rings. The third-order valence-corrected chi connectivity index (χ3v) is 3.89. The molecule has 3 N–H and O–H groups in total. The van der Waals surface area contributed by atoms with Gasteiger partial charge in [0.2, 0.25) is 5.91 Å². The number of para-hydroxylation sites is 1. The molecule has 27 heavy (non-hydrogen) atoms. The molecule has 0 unspecified atom stereocenters. The molecule has 0 fully saturated rings. The lowest BCUT2D eigenvalue weighted by Crippen LogP contribution is -2.43. The fourth-order valence-corrected chi connectivity index (χ4v) is 2.63. The number of rotatable bonds is 7. The Morgan fingerprint density at radius 3 is 2.56 bits per heavy atom. The Bertz CT molecular complexity index is 771. The van der Waals surface area contributed by atoms with Crippen molar-refractivity contribution < 1.29 is 4.79 Å². The van der Waals surface area contributed by atoms with E-state index in [-0.39, 0.29) is 36.4 Å². The largest absolute Gasteiger partial charge is 0.355 e. The second-order valence-electron chi connectivity index (χ2n) is 6.10. The third-order valence-electron chi connectivity index (χ3n) is 3.89. The van der Waals surface area contributed by atoms with Crippen LogP contribution in [0.2, 0.25) is 0 Å². The number of hydrogen-bond acceptors (Lipinski definition) is 3. The molecule has 1 aromatic heterocycles. The molecule has 0 aliphatic heterocycles. The maximum absolute atomic E-state index is 11.7. The van der Waals surface area contributed by atoms with Gasteiger partial charge in [-0.3, -0.25) is 9.79 Å². The highest BCUT2D eigenvalue weighted by Gasteiger charge is 2.09. The van der Waals surface area contributed by atoms with Crippen LogP contribution in [0, 0.1) is 13.8 Å². The molecule has 0 atom stereocenters. The summed E-state index contributed by atoms with van der Waals surface area (Å²) in [5.41, 5.74) is 4.20. The van der Waals surface area contributed by atoms with Crippen molar-refractivity contribution >= 4 is 35.8 Å². The molecule has 0 aliphatic carbocycles. The summed E-state index contributed by atoms with van der Waals surface area (Å²) in [5, 5.41) is 13.7. The summed E-state index contributed by atoms with van der Waals surface area (Å²) in [6, 6.07) is 10.2. The lowest BCUT2D eigenvalue weighted by molar-refractivity contribution is -0.120. The molecule has 8 heteroatoms. The summed E-state index contributed by atoms with van der Waals surface area (Å²) in [7, 11) is 1.69. The number of hydrogen-bond donors (Lipinski definition) is 3. The van der Waals surface area contributed by atoms with E-state index >= 15 is 0 Å². The SMILES string of the molecule is CCCNC(=O)CNC(=NC)NCc1ccccc1-n1nc(C)cc1C.I. The van der Waals surface area contributed by atoms with Crippen LogP contribution >= 0.6 is 24.0 Å². The van der Waals surface area contributed by atoms with Gasteiger partial charge in [-0.25, -0.2) is 4.68 Å². The number of amides is 1. The molecule has 0 saturated carbocycles. The van der Waals surface area contributed by atoms with Gasteiger partial charge in [-0.05, 0) is 38.0 Å². The van der Waals surface area contributed by atoms with Gasteiger partial charge in [0.25, 0.3) is 0 Å². The van der Waals surface area contributed by atoms with E-state index in [0.717, 1.165) is 29.1 Å². The number of aryl methyl sites for hydroxylation is 2. The smallest absolute Gasteiger partial charge is 0.239 e. The fourth-order valence-electron chi connectivity index (χ4n) is 2.63. The first kappa shape index (κ1) is 22.9. The van der Waals surface area contributed by atoms with Crippen LogP contribution in [0.1, 0.15) is 30.3 Å². The number of aliphatic imine (C=N–C) groups is 1. The highest BCUT2D eigenvalue weighted by molar-refractivity contribution is 14.0. The van der Waals surface area contributed by atoms with Crippen molar-refractivity contribution in [3.8, 4) is 5.69 Å². The Labute approximate surface area is 178 Å². The van der Waals surface area contributed by atoms with E-state index in [4.69, 9.17) is 0 Å².